The Bertz CT molecular complexity index is 630. The second kappa shape index (κ2) is 5.59. The third kappa shape index (κ3) is 2.80. The third-order valence-electron chi connectivity index (χ3n) is 4.42. The molecule has 0 aliphatic carbocycles. The van der Waals surface area contributed by atoms with Crippen LogP contribution in [0.2, 0.25) is 0 Å². The van der Waals surface area contributed by atoms with E-state index in [1.54, 1.807) is 16.4 Å². The molecule has 0 radical (unpaired) electrons. The number of nitrogens with zero attached hydrogens (tertiary/aromatic N) is 1. The van der Waals surface area contributed by atoms with Gasteiger partial charge < -0.3 is 10.1 Å². The zero-order valence-electron chi connectivity index (χ0n) is 12.5. The smallest absolute Gasteiger partial charge is 0.246 e. The summed E-state index contributed by atoms with van der Waals surface area (Å²) in [4.78, 5) is 0.272. The zero-order valence-corrected chi connectivity index (χ0v) is 13.3. The summed E-state index contributed by atoms with van der Waals surface area (Å²) >= 11 is 0. The lowest BCUT2D eigenvalue weighted by molar-refractivity contribution is 0.373. The van der Waals surface area contributed by atoms with Gasteiger partial charge in [-0.25, -0.2) is 8.42 Å². The molecular formula is C15H22N2O3S. The first-order valence-corrected chi connectivity index (χ1v) is 8.85. The molecule has 0 unspecified atom stereocenters. The Morgan fingerprint density at radius 3 is 2.76 bits per heavy atom. The van der Waals surface area contributed by atoms with Crippen LogP contribution in [0.1, 0.15) is 24.8 Å². The number of fused-ring (bicyclic) bond motifs is 2. The van der Waals surface area contributed by atoms with Crippen LogP contribution >= 0.6 is 0 Å². The maximum Gasteiger partial charge on any atom is 0.246 e. The van der Waals surface area contributed by atoms with Gasteiger partial charge in [0.05, 0.1) is 7.11 Å². The second-order valence-corrected chi connectivity index (χ2v) is 7.85. The highest BCUT2D eigenvalue weighted by Gasteiger charge is 2.36. The molecule has 3 rings (SSSR count). The van der Waals surface area contributed by atoms with Gasteiger partial charge in [-0.15, -0.1) is 0 Å². The Hall–Kier alpha value is -1.11. The summed E-state index contributed by atoms with van der Waals surface area (Å²) in [6.45, 7) is 3.05. The number of aryl methyl sites for hydroxylation is 1. The van der Waals surface area contributed by atoms with E-state index in [4.69, 9.17) is 4.74 Å². The van der Waals surface area contributed by atoms with Crippen LogP contribution in [0.4, 0.5) is 0 Å². The summed E-state index contributed by atoms with van der Waals surface area (Å²) in [5.41, 5.74) is 0.988. The van der Waals surface area contributed by atoms with Gasteiger partial charge in [-0.2, -0.15) is 4.31 Å². The van der Waals surface area contributed by atoms with Crippen molar-refractivity contribution in [2.75, 3.05) is 20.2 Å². The van der Waals surface area contributed by atoms with Crippen LogP contribution < -0.4 is 10.1 Å². The van der Waals surface area contributed by atoms with Crippen molar-refractivity contribution in [1.82, 2.24) is 9.62 Å². The molecule has 2 bridgehead atoms. The molecule has 2 saturated heterocycles. The highest BCUT2D eigenvalue weighted by molar-refractivity contribution is 7.89. The fourth-order valence-electron chi connectivity index (χ4n) is 3.26. The highest BCUT2D eigenvalue weighted by Crippen LogP contribution is 2.30. The molecule has 116 valence electrons. The maximum absolute atomic E-state index is 12.9. The number of sulfonamides is 1. The molecule has 2 atom stereocenters. The van der Waals surface area contributed by atoms with Crippen molar-refractivity contribution in [3.8, 4) is 5.75 Å². The van der Waals surface area contributed by atoms with E-state index in [0.29, 0.717) is 24.9 Å². The monoisotopic (exact) mass is 310 g/mol. The van der Waals surface area contributed by atoms with Gasteiger partial charge in [0.15, 0.2) is 0 Å². The standard InChI is InChI=1S/C15H22N2O3S/c1-11-3-6-15(14(9-11)20-2)21(18,19)17-8-7-12-4-5-13(10-17)16-12/h3,6,9,12-13,16H,4-5,7-8,10H2,1-2H3/t12-,13+/m1/s1. The van der Waals surface area contributed by atoms with Crippen molar-refractivity contribution in [3.05, 3.63) is 23.8 Å². The Morgan fingerprint density at radius 1 is 1.24 bits per heavy atom. The fraction of sp³-hybridized carbons (Fsp3) is 0.600. The summed E-state index contributed by atoms with van der Waals surface area (Å²) in [7, 11) is -1.99. The average Bonchev–Trinajstić information content (AvgIpc) is 2.77. The van der Waals surface area contributed by atoms with Gasteiger partial charge in [-0.1, -0.05) is 6.07 Å². The van der Waals surface area contributed by atoms with E-state index >= 15 is 0 Å². The molecule has 6 heteroatoms. The molecule has 0 saturated carbocycles. The Balaban J connectivity index is 1.93. The van der Waals surface area contributed by atoms with Crippen LogP contribution in [0.15, 0.2) is 23.1 Å². The molecule has 0 aromatic heterocycles. The third-order valence-corrected chi connectivity index (χ3v) is 6.33. The van der Waals surface area contributed by atoms with E-state index in [1.807, 2.05) is 13.0 Å². The van der Waals surface area contributed by atoms with Gasteiger partial charge in [-0.3, -0.25) is 0 Å². The van der Waals surface area contributed by atoms with Gasteiger partial charge in [-0.05, 0) is 43.9 Å². The van der Waals surface area contributed by atoms with Crippen LogP contribution in [0.5, 0.6) is 5.75 Å². The Labute approximate surface area is 126 Å². The van der Waals surface area contributed by atoms with Gasteiger partial charge in [0.25, 0.3) is 0 Å². The molecule has 2 fully saturated rings. The number of hydrogen-bond donors (Lipinski definition) is 1. The minimum absolute atomic E-state index is 0.272. The number of rotatable bonds is 3. The summed E-state index contributed by atoms with van der Waals surface area (Å²) in [5.74, 6) is 0.428. The van der Waals surface area contributed by atoms with E-state index in [-0.39, 0.29) is 10.9 Å². The molecule has 1 aromatic rings. The summed E-state index contributed by atoms with van der Waals surface area (Å²) in [6.07, 6.45) is 3.10. The minimum Gasteiger partial charge on any atom is -0.495 e. The lowest BCUT2D eigenvalue weighted by Gasteiger charge is -2.24. The van der Waals surface area contributed by atoms with Crippen molar-refractivity contribution in [3.63, 3.8) is 0 Å². The molecule has 21 heavy (non-hydrogen) atoms. The number of nitrogens with one attached hydrogen (secondary N) is 1. The van der Waals surface area contributed by atoms with Crippen molar-refractivity contribution < 1.29 is 13.2 Å². The summed E-state index contributed by atoms with van der Waals surface area (Å²) < 4.78 is 32.7. The van der Waals surface area contributed by atoms with Crippen molar-refractivity contribution in [1.29, 1.82) is 0 Å². The van der Waals surface area contributed by atoms with Crippen molar-refractivity contribution >= 4 is 10.0 Å². The SMILES string of the molecule is COc1cc(C)ccc1S(=O)(=O)N1CC[C@H]2CC[C@@H](C1)N2. The molecule has 0 spiro atoms. The predicted molar refractivity (Wildman–Crippen MR) is 81.1 cm³/mol. The van der Waals surface area contributed by atoms with E-state index in [1.165, 1.54) is 7.11 Å². The molecule has 5 nitrogen and oxygen atoms in total. The van der Waals surface area contributed by atoms with E-state index < -0.39 is 10.0 Å². The van der Waals surface area contributed by atoms with Crippen LogP contribution in [0.3, 0.4) is 0 Å². The van der Waals surface area contributed by atoms with Gasteiger partial charge >= 0.3 is 0 Å². The minimum atomic E-state index is -3.50. The molecule has 1 N–H and O–H groups in total. The zero-order chi connectivity index (χ0) is 15.0. The number of benzene rings is 1. The quantitative estimate of drug-likeness (QED) is 0.919. The second-order valence-electron chi connectivity index (χ2n) is 5.94. The van der Waals surface area contributed by atoms with Crippen molar-refractivity contribution in [2.45, 2.75) is 43.2 Å². The van der Waals surface area contributed by atoms with Crippen LogP contribution in [-0.4, -0.2) is 45.0 Å². The largest absolute Gasteiger partial charge is 0.495 e. The van der Waals surface area contributed by atoms with Gasteiger partial charge in [0, 0.05) is 25.2 Å². The van der Waals surface area contributed by atoms with E-state index in [0.717, 1.165) is 24.8 Å². The van der Waals surface area contributed by atoms with E-state index in [9.17, 15) is 8.42 Å². The van der Waals surface area contributed by atoms with Gasteiger partial charge in [0.2, 0.25) is 10.0 Å². The van der Waals surface area contributed by atoms with Crippen LogP contribution in [-0.2, 0) is 10.0 Å². The average molecular weight is 310 g/mol. The lowest BCUT2D eigenvalue weighted by Crippen LogP contribution is -2.39. The van der Waals surface area contributed by atoms with Gasteiger partial charge in [0.1, 0.15) is 10.6 Å². The lowest BCUT2D eigenvalue weighted by atomic mass is 10.1. The number of hydrogen-bond acceptors (Lipinski definition) is 4. The van der Waals surface area contributed by atoms with E-state index in [2.05, 4.69) is 5.32 Å². The molecule has 1 aromatic carbocycles. The Morgan fingerprint density at radius 2 is 2.00 bits per heavy atom. The molecule has 2 aliphatic heterocycles. The topological polar surface area (TPSA) is 58.6 Å². The molecular weight excluding hydrogens is 288 g/mol. The fourth-order valence-corrected chi connectivity index (χ4v) is 4.89. The normalized spacial score (nSPS) is 26.6. The van der Waals surface area contributed by atoms with Crippen LogP contribution in [0, 0.1) is 6.92 Å². The summed E-state index contributed by atoms with van der Waals surface area (Å²) in [5, 5.41) is 3.51. The number of ether oxygens (including phenoxy) is 1. The highest BCUT2D eigenvalue weighted by atomic mass is 32.2. The predicted octanol–water partition coefficient (Wildman–Crippen LogP) is 1.52. The molecule has 2 heterocycles. The van der Waals surface area contributed by atoms with Crippen LogP contribution in [0.25, 0.3) is 0 Å². The maximum atomic E-state index is 12.9. The molecule has 2 aliphatic rings. The summed E-state index contributed by atoms with van der Waals surface area (Å²) in [6, 6.07) is 5.99. The Kier molecular flexibility index (Phi) is 3.94. The molecule has 0 amide bonds. The number of methoxy groups -OCH3 is 1. The van der Waals surface area contributed by atoms with Crippen molar-refractivity contribution in [2.24, 2.45) is 0 Å². The first-order chi connectivity index (χ1) is 10.0. The first kappa shape index (κ1) is 14.8. The first-order valence-electron chi connectivity index (χ1n) is 7.41.